The minimum absolute atomic E-state index is 0.0577. The van der Waals surface area contributed by atoms with Gasteiger partial charge in [-0.1, -0.05) is 23.7 Å². The van der Waals surface area contributed by atoms with Gasteiger partial charge in [0, 0.05) is 24.7 Å². The van der Waals surface area contributed by atoms with Crippen molar-refractivity contribution < 1.29 is 23.5 Å². The van der Waals surface area contributed by atoms with E-state index < -0.39 is 17.6 Å². The third-order valence-electron chi connectivity index (χ3n) is 5.17. The number of nitrogens with one attached hydrogen (secondary N) is 2. The number of carbonyl (C=O) groups is 3. The smallest absolute Gasteiger partial charge is 0.313 e. The predicted octanol–water partition coefficient (Wildman–Crippen LogP) is 3.09. The van der Waals surface area contributed by atoms with Crippen LogP contribution in [0.1, 0.15) is 23.2 Å². The Labute approximate surface area is 184 Å². The van der Waals surface area contributed by atoms with E-state index in [4.69, 9.17) is 16.3 Å². The van der Waals surface area contributed by atoms with E-state index in [9.17, 15) is 18.8 Å². The summed E-state index contributed by atoms with van der Waals surface area (Å²) in [5.74, 6) is -1.97. The van der Waals surface area contributed by atoms with E-state index >= 15 is 0 Å². The van der Waals surface area contributed by atoms with Crippen molar-refractivity contribution in [2.24, 2.45) is 5.92 Å². The largest absolute Gasteiger partial charge is 0.495 e. The van der Waals surface area contributed by atoms with Gasteiger partial charge in [-0.25, -0.2) is 4.39 Å². The monoisotopic (exact) mass is 447 g/mol. The maximum atomic E-state index is 13.8. The third-order valence-corrected chi connectivity index (χ3v) is 5.41. The average molecular weight is 448 g/mol. The number of nitrogens with zero attached hydrogens (tertiary/aromatic N) is 1. The molecule has 2 aromatic rings. The molecule has 0 bridgehead atoms. The van der Waals surface area contributed by atoms with Crippen LogP contribution < -0.4 is 15.4 Å². The molecule has 1 heterocycles. The van der Waals surface area contributed by atoms with Crippen LogP contribution in [0.25, 0.3) is 0 Å². The molecule has 1 fully saturated rings. The Kier molecular flexibility index (Phi) is 7.46. The third kappa shape index (κ3) is 5.73. The molecule has 0 spiro atoms. The van der Waals surface area contributed by atoms with E-state index in [0.29, 0.717) is 48.9 Å². The van der Waals surface area contributed by atoms with Gasteiger partial charge in [0.1, 0.15) is 11.6 Å². The molecule has 0 aliphatic carbocycles. The summed E-state index contributed by atoms with van der Waals surface area (Å²) in [5, 5.41) is 5.50. The summed E-state index contributed by atoms with van der Waals surface area (Å²) in [6.07, 6.45) is 1.29. The normalized spacial score (nSPS) is 14.1. The molecule has 1 aliphatic rings. The second-order valence-corrected chi connectivity index (χ2v) is 7.66. The fourth-order valence-corrected chi connectivity index (χ4v) is 3.59. The summed E-state index contributed by atoms with van der Waals surface area (Å²) in [7, 11) is 1.45. The highest BCUT2D eigenvalue weighted by molar-refractivity contribution is 6.40. The Balaban J connectivity index is 1.46. The molecular formula is C22H23ClFN3O4. The van der Waals surface area contributed by atoms with Crippen LogP contribution in [0, 0.1) is 11.7 Å². The van der Waals surface area contributed by atoms with E-state index in [2.05, 4.69) is 10.6 Å². The van der Waals surface area contributed by atoms with Gasteiger partial charge in [-0.05, 0) is 49.1 Å². The van der Waals surface area contributed by atoms with Crippen LogP contribution in [0.5, 0.6) is 5.75 Å². The number of hydrogen-bond donors (Lipinski definition) is 2. The summed E-state index contributed by atoms with van der Waals surface area (Å²) in [5.41, 5.74) is 0.359. The molecular weight excluding hydrogens is 425 g/mol. The lowest BCUT2D eigenvalue weighted by molar-refractivity contribution is -0.136. The maximum Gasteiger partial charge on any atom is 0.313 e. The quantitative estimate of drug-likeness (QED) is 0.689. The van der Waals surface area contributed by atoms with Crippen molar-refractivity contribution in [1.82, 2.24) is 10.2 Å². The molecule has 1 saturated heterocycles. The molecule has 0 atom stereocenters. The molecule has 0 unspecified atom stereocenters. The Morgan fingerprint density at radius 3 is 2.52 bits per heavy atom. The predicted molar refractivity (Wildman–Crippen MR) is 115 cm³/mol. The topological polar surface area (TPSA) is 87.7 Å². The summed E-state index contributed by atoms with van der Waals surface area (Å²) in [4.78, 5) is 38.4. The van der Waals surface area contributed by atoms with Crippen molar-refractivity contribution in [3.63, 3.8) is 0 Å². The van der Waals surface area contributed by atoms with Crippen molar-refractivity contribution in [3.8, 4) is 5.75 Å². The lowest BCUT2D eigenvalue weighted by Gasteiger charge is -2.32. The fraction of sp³-hybridized carbons (Fsp3) is 0.318. The number of carbonyl (C=O) groups excluding carboxylic acids is 3. The van der Waals surface area contributed by atoms with Crippen molar-refractivity contribution in [2.45, 2.75) is 12.8 Å². The van der Waals surface area contributed by atoms with Gasteiger partial charge in [-0.15, -0.1) is 0 Å². The van der Waals surface area contributed by atoms with Gasteiger partial charge in [-0.3, -0.25) is 14.4 Å². The molecule has 3 rings (SSSR count). The second-order valence-electron chi connectivity index (χ2n) is 7.22. The lowest BCUT2D eigenvalue weighted by atomic mass is 9.96. The summed E-state index contributed by atoms with van der Waals surface area (Å²) >= 11 is 5.93. The number of benzene rings is 2. The highest BCUT2D eigenvalue weighted by Crippen LogP contribution is 2.27. The van der Waals surface area contributed by atoms with Crippen LogP contribution in [-0.4, -0.2) is 49.4 Å². The van der Waals surface area contributed by atoms with E-state index in [1.807, 2.05) is 0 Å². The molecule has 9 heteroatoms. The zero-order valence-electron chi connectivity index (χ0n) is 17.0. The minimum Gasteiger partial charge on any atom is -0.495 e. The fourth-order valence-electron chi connectivity index (χ4n) is 3.42. The van der Waals surface area contributed by atoms with Crippen molar-refractivity contribution >= 4 is 35.0 Å². The Hall–Kier alpha value is -3.13. The Morgan fingerprint density at radius 1 is 1.13 bits per heavy atom. The molecule has 2 N–H and O–H groups in total. The van der Waals surface area contributed by atoms with Crippen LogP contribution in [-0.2, 0) is 9.59 Å². The zero-order chi connectivity index (χ0) is 22.4. The number of ether oxygens (including phenoxy) is 1. The molecule has 3 amide bonds. The number of hydrogen-bond acceptors (Lipinski definition) is 4. The molecule has 0 aromatic heterocycles. The molecule has 2 aromatic carbocycles. The van der Waals surface area contributed by atoms with Gasteiger partial charge >= 0.3 is 11.8 Å². The van der Waals surface area contributed by atoms with E-state index in [0.717, 1.165) is 0 Å². The first-order chi connectivity index (χ1) is 14.9. The van der Waals surface area contributed by atoms with Gasteiger partial charge < -0.3 is 20.3 Å². The second kappa shape index (κ2) is 10.3. The first kappa shape index (κ1) is 22.6. The first-order valence-electron chi connectivity index (χ1n) is 9.85. The van der Waals surface area contributed by atoms with Crippen LogP contribution >= 0.6 is 11.6 Å². The standard InChI is InChI=1S/C22H23ClFN3O4/c1-31-19-7-6-15(23)12-18(19)26-21(29)20(28)25-13-14-8-10-27(11-9-14)22(30)16-4-2-3-5-17(16)24/h2-7,12,14H,8-11,13H2,1H3,(H,25,28)(H,26,29). The van der Waals surface area contributed by atoms with E-state index in [1.54, 1.807) is 29.2 Å². The number of halogens is 2. The van der Waals surface area contributed by atoms with Gasteiger partial charge in [0.2, 0.25) is 0 Å². The number of likely N-dealkylation sites (tertiary alicyclic amines) is 1. The number of piperidine rings is 1. The first-order valence-corrected chi connectivity index (χ1v) is 10.2. The van der Waals surface area contributed by atoms with E-state index in [1.165, 1.54) is 25.3 Å². The lowest BCUT2D eigenvalue weighted by Crippen LogP contribution is -2.43. The highest BCUT2D eigenvalue weighted by Gasteiger charge is 2.26. The van der Waals surface area contributed by atoms with Crippen LogP contribution in [0.3, 0.4) is 0 Å². The van der Waals surface area contributed by atoms with Crippen LogP contribution in [0.4, 0.5) is 10.1 Å². The molecule has 1 aliphatic heterocycles. The summed E-state index contributed by atoms with van der Waals surface area (Å²) in [6.45, 7) is 1.22. The Morgan fingerprint density at radius 2 is 1.84 bits per heavy atom. The number of rotatable bonds is 5. The minimum atomic E-state index is -0.826. The van der Waals surface area contributed by atoms with Gasteiger partial charge in [0.25, 0.3) is 5.91 Å². The molecule has 164 valence electrons. The van der Waals surface area contributed by atoms with Gasteiger partial charge in [0.05, 0.1) is 18.4 Å². The van der Waals surface area contributed by atoms with Gasteiger partial charge in [-0.2, -0.15) is 0 Å². The summed E-state index contributed by atoms with van der Waals surface area (Å²) < 4.78 is 19.0. The molecule has 0 saturated carbocycles. The Bertz CT molecular complexity index is 977. The molecule has 31 heavy (non-hydrogen) atoms. The summed E-state index contributed by atoms with van der Waals surface area (Å²) in [6, 6.07) is 10.6. The zero-order valence-corrected chi connectivity index (χ0v) is 17.7. The molecule has 0 radical (unpaired) electrons. The van der Waals surface area contributed by atoms with Crippen molar-refractivity contribution in [2.75, 3.05) is 32.1 Å². The SMILES string of the molecule is COc1ccc(Cl)cc1NC(=O)C(=O)NCC1CCN(C(=O)c2ccccc2F)CC1. The van der Waals surface area contributed by atoms with Gasteiger partial charge in [0.15, 0.2) is 0 Å². The van der Waals surface area contributed by atoms with Crippen molar-refractivity contribution in [1.29, 1.82) is 0 Å². The number of anilines is 1. The van der Waals surface area contributed by atoms with Crippen LogP contribution in [0.2, 0.25) is 5.02 Å². The maximum absolute atomic E-state index is 13.8. The average Bonchev–Trinajstić information content (AvgIpc) is 2.78. The molecule has 7 nitrogen and oxygen atoms in total. The van der Waals surface area contributed by atoms with E-state index in [-0.39, 0.29) is 17.4 Å². The number of amides is 3. The highest BCUT2D eigenvalue weighted by atomic mass is 35.5. The van der Waals surface area contributed by atoms with Crippen LogP contribution in [0.15, 0.2) is 42.5 Å². The number of methoxy groups -OCH3 is 1. The van der Waals surface area contributed by atoms with Crippen molar-refractivity contribution in [3.05, 3.63) is 58.9 Å².